The predicted octanol–water partition coefficient (Wildman–Crippen LogP) is 1.71. The van der Waals surface area contributed by atoms with Crippen molar-refractivity contribution in [2.24, 2.45) is 0 Å². The van der Waals surface area contributed by atoms with Crippen molar-refractivity contribution in [2.45, 2.75) is 0 Å². The molecule has 1 heteroatoms. The molecule has 1 aliphatic heterocycles. The Kier molecular flexibility index (Phi) is 0.833. The number of hydrogen-bond donors (Lipinski definition) is 0. The summed E-state index contributed by atoms with van der Waals surface area (Å²) in [7, 11) is 0. The lowest BCUT2D eigenvalue weighted by Gasteiger charge is -1.91. The molecule has 0 spiro atoms. The fourth-order valence-electron chi connectivity index (χ4n) is 0.879. The molecule has 0 N–H and O–H groups in total. The van der Waals surface area contributed by atoms with Crippen LogP contribution < -0.4 is 5.32 Å². The van der Waals surface area contributed by atoms with Gasteiger partial charge in [0.25, 0.3) is 0 Å². The zero-order chi connectivity index (χ0) is 6.10. The van der Waals surface area contributed by atoms with E-state index in [0.717, 1.165) is 11.3 Å². The van der Waals surface area contributed by atoms with E-state index in [1.807, 2.05) is 24.3 Å². The van der Waals surface area contributed by atoms with Gasteiger partial charge in [-0.25, -0.2) is 0 Å². The standard InChI is InChI=1S/C8H5N/c1-2-4-8-7(3-1)5-6-9-8/h1-2,4-6H. The van der Waals surface area contributed by atoms with Crippen LogP contribution in [-0.4, -0.2) is 0 Å². The average molecular weight is 115 g/mol. The smallest absolute Gasteiger partial charge is 0.0708 e. The summed E-state index contributed by atoms with van der Waals surface area (Å²) < 4.78 is 0. The number of fused-ring (bicyclic) bond motifs is 1. The van der Waals surface area contributed by atoms with Crippen molar-refractivity contribution >= 4 is 11.8 Å². The third-order valence-corrected chi connectivity index (χ3v) is 1.32. The van der Waals surface area contributed by atoms with Crippen molar-refractivity contribution in [2.75, 3.05) is 0 Å². The molecular formula is C8H5N. The van der Waals surface area contributed by atoms with Gasteiger partial charge >= 0.3 is 0 Å². The van der Waals surface area contributed by atoms with Crippen LogP contribution in [0.2, 0.25) is 0 Å². The summed E-state index contributed by atoms with van der Waals surface area (Å²) in [6.07, 6.45) is 3.75. The van der Waals surface area contributed by atoms with Crippen LogP contribution in [0.4, 0.5) is 5.69 Å². The van der Waals surface area contributed by atoms with Gasteiger partial charge in [0.05, 0.1) is 5.69 Å². The molecule has 0 unspecified atom stereocenters. The van der Waals surface area contributed by atoms with Crippen LogP contribution >= 0.6 is 0 Å². The Morgan fingerprint density at radius 3 is 3.33 bits per heavy atom. The van der Waals surface area contributed by atoms with Crippen LogP contribution in [0.1, 0.15) is 5.56 Å². The van der Waals surface area contributed by atoms with E-state index in [1.54, 1.807) is 6.20 Å². The minimum Gasteiger partial charge on any atom is -0.256 e. The van der Waals surface area contributed by atoms with E-state index in [9.17, 15) is 0 Å². The van der Waals surface area contributed by atoms with Gasteiger partial charge in [-0.05, 0) is 18.2 Å². The molecule has 1 heterocycles. The Morgan fingerprint density at radius 1 is 1.44 bits per heavy atom. The average Bonchev–Trinajstić information content (AvgIpc) is 2.33. The van der Waals surface area contributed by atoms with Gasteiger partial charge in [-0.15, -0.1) is 0 Å². The van der Waals surface area contributed by atoms with Gasteiger partial charge in [-0.3, -0.25) is 5.32 Å². The van der Waals surface area contributed by atoms with Crippen molar-refractivity contribution in [3.05, 3.63) is 36.0 Å². The first kappa shape index (κ1) is 4.62. The first-order chi connectivity index (χ1) is 4.47. The topological polar surface area (TPSA) is 14.1 Å². The molecule has 1 aromatic carbocycles. The molecule has 1 nitrogen and oxygen atoms in total. The fourth-order valence-corrected chi connectivity index (χ4v) is 0.879. The van der Waals surface area contributed by atoms with E-state index < -0.39 is 0 Å². The molecule has 0 atom stereocenters. The highest BCUT2D eigenvalue weighted by Crippen LogP contribution is 2.20. The number of nitrogens with zero attached hydrogens (tertiary/aromatic N) is 1. The Morgan fingerprint density at radius 2 is 2.44 bits per heavy atom. The maximum Gasteiger partial charge on any atom is 0.0708 e. The fraction of sp³-hybridized carbons (Fsp3) is 0. The predicted molar refractivity (Wildman–Crippen MR) is 36.1 cm³/mol. The van der Waals surface area contributed by atoms with E-state index in [4.69, 9.17) is 0 Å². The van der Waals surface area contributed by atoms with E-state index in [-0.39, 0.29) is 0 Å². The van der Waals surface area contributed by atoms with Gasteiger partial charge in [0.15, 0.2) is 0 Å². The largest absolute Gasteiger partial charge is 0.256 e. The van der Waals surface area contributed by atoms with Crippen molar-refractivity contribution in [3.8, 4) is 0 Å². The number of rotatable bonds is 0. The molecule has 1 aliphatic rings. The van der Waals surface area contributed by atoms with Crippen LogP contribution in [-0.2, 0) is 0 Å². The first-order valence-electron chi connectivity index (χ1n) is 2.85. The molecule has 0 bridgehead atoms. The van der Waals surface area contributed by atoms with Crippen LogP contribution in [0.25, 0.3) is 6.08 Å². The van der Waals surface area contributed by atoms with E-state index in [2.05, 4.69) is 11.4 Å². The summed E-state index contributed by atoms with van der Waals surface area (Å²) in [6, 6.07) is 8.88. The second-order valence-electron chi connectivity index (χ2n) is 1.91. The van der Waals surface area contributed by atoms with Gasteiger partial charge in [0, 0.05) is 11.8 Å². The minimum absolute atomic E-state index is 1.03. The maximum absolute atomic E-state index is 4.09. The van der Waals surface area contributed by atoms with Gasteiger partial charge in [-0.1, -0.05) is 12.1 Å². The minimum atomic E-state index is 1.03. The Hall–Kier alpha value is -1.24. The Bertz CT molecular complexity index is 250. The molecule has 2 rings (SSSR count). The molecule has 0 saturated heterocycles. The molecule has 42 valence electrons. The van der Waals surface area contributed by atoms with Gasteiger partial charge in [-0.2, -0.15) is 0 Å². The summed E-state index contributed by atoms with van der Waals surface area (Å²) in [6.45, 7) is 0. The van der Waals surface area contributed by atoms with E-state index in [1.165, 1.54) is 0 Å². The molecule has 0 fully saturated rings. The zero-order valence-corrected chi connectivity index (χ0v) is 4.83. The third-order valence-electron chi connectivity index (χ3n) is 1.32. The highest BCUT2D eigenvalue weighted by atomic mass is 14.9. The quantitative estimate of drug-likeness (QED) is 0.488. The number of benzene rings is 1. The molecule has 1 aromatic rings. The summed E-state index contributed by atoms with van der Waals surface area (Å²) in [5, 5.41) is 4.09. The van der Waals surface area contributed by atoms with Crippen LogP contribution in [0.15, 0.2) is 24.4 Å². The van der Waals surface area contributed by atoms with E-state index >= 15 is 0 Å². The number of hydrogen-bond acceptors (Lipinski definition) is 0. The Balaban J connectivity index is 2.63. The van der Waals surface area contributed by atoms with E-state index in [0.29, 0.717) is 0 Å². The monoisotopic (exact) mass is 115 g/mol. The SMILES string of the molecule is [c]1cccc2c1C=C[N]2. The molecule has 9 heavy (non-hydrogen) atoms. The third kappa shape index (κ3) is 0.617. The van der Waals surface area contributed by atoms with Gasteiger partial charge < -0.3 is 0 Å². The normalized spacial score (nSPS) is 12.9. The summed E-state index contributed by atoms with van der Waals surface area (Å²) in [5.41, 5.74) is 2.12. The van der Waals surface area contributed by atoms with Gasteiger partial charge in [0.1, 0.15) is 0 Å². The lowest BCUT2D eigenvalue weighted by molar-refractivity contribution is 1.22. The zero-order valence-electron chi connectivity index (χ0n) is 4.83. The summed E-state index contributed by atoms with van der Waals surface area (Å²) in [5.74, 6) is 0. The van der Waals surface area contributed by atoms with Crippen molar-refractivity contribution < 1.29 is 0 Å². The molecular weight excluding hydrogens is 110 g/mol. The first-order valence-corrected chi connectivity index (χ1v) is 2.85. The van der Waals surface area contributed by atoms with Crippen LogP contribution in [0, 0.1) is 6.07 Å². The Labute approximate surface area is 54.0 Å². The summed E-state index contributed by atoms with van der Waals surface area (Å²) >= 11 is 0. The highest BCUT2D eigenvalue weighted by Gasteiger charge is 2.01. The molecule has 2 radical (unpaired) electrons. The van der Waals surface area contributed by atoms with Crippen molar-refractivity contribution in [3.63, 3.8) is 0 Å². The van der Waals surface area contributed by atoms with Gasteiger partial charge in [0.2, 0.25) is 0 Å². The molecule has 0 aromatic heterocycles. The molecule has 0 saturated carbocycles. The second-order valence-corrected chi connectivity index (χ2v) is 1.91. The van der Waals surface area contributed by atoms with Crippen molar-refractivity contribution in [1.82, 2.24) is 5.32 Å². The second kappa shape index (κ2) is 1.62. The lowest BCUT2D eigenvalue weighted by atomic mass is 10.2. The molecule has 0 amide bonds. The van der Waals surface area contributed by atoms with Crippen LogP contribution in [0.5, 0.6) is 0 Å². The highest BCUT2D eigenvalue weighted by molar-refractivity contribution is 5.67. The maximum atomic E-state index is 4.09. The molecule has 0 aliphatic carbocycles. The van der Waals surface area contributed by atoms with Crippen molar-refractivity contribution in [1.29, 1.82) is 0 Å². The lowest BCUT2D eigenvalue weighted by Crippen LogP contribution is -1.78. The summed E-state index contributed by atoms with van der Waals surface area (Å²) in [4.78, 5) is 0. The van der Waals surface area contributed by atoms with Crippen LogP contribution in [0.3, 0.4) is 0 Å².